The van der Waals surface area contributed by atoms with Crippen LogP contribution in [0.4, 0.5) is 10.1 Å². The van der Waals surface area contributed by atoms with E-state index in [1.165, 1.54) is 23.1 Å². The first-order valence-corrected chi connectivity index (χ1v) is 6.08. The Balaban J connectivity index is 2.16. The number of halogens is 1. The number of amides is 2. The zero-order valence-corrected chi connectivity index (χ0v) is 10.4. The first-order valence-electron chi connectivity index (χ1n) is 6.08. The fourth-order valence-electron chi connectivity index (χ4n) is 2.10. The van der Waals surface area contributed by atoms with Crippen LogP contribution in [0.2, 0.25) is 0 Å². The number of rotatable bonds is 4. The number of carbonyl (C=O) groups excluding carboxylic acids is 2. The van der Waals surface area contributed by atoms with E-state index in [1.54, 1.807) is 0 Å². The maximum Gasteiger partial charge on any atom is 0.240 e. The van der Waals surface area contributed by atoms with Crippen LogP contribution >= 0.6 is 0 Å². The van der Waals surface area contributed by atoms with Gasteiger partial charge in [0.25, 0.3) is 0 Å². The van der Waals surface area contributed by atoms with Gasteiger partial charge in [-0.05, 0) is 30.2 Å². The molecule has 0 unspecified atom stereocenters. The summed E-state index contributed by atoms with van der Waals surface area (Å²) in [7, 11) is 0. The highest BCUT2D eigenvalue weighted by Crippen LogP contribution is 2.28. The van der Waals surface area contributed by atoms with Gasteiger partial charge in [0.1, 0.15) is 12.4 Å². The maximum atomic E-state index is 13.1. The molecule has 0 spiro atoms. The molecule has 1 aliphatic heterocycles. The molecule has 1 aromatic carbocycles. The topological polar surface area (TPSA) is 69.6 Å². The van der Waals surface area contributed by atoms with Gasteiger partial charge in [-0.1, -0.05) is 0 Å². The van der Waals surface area contributed by atoms with Gasteiger partial charge in [-0.3, -0.25) is 9.59 Å². The number of nitrogens with one attached hydrogen (secondary N) is 1. The fourth-order valence-corrected chi connectivity index (χ4v) is 2.10. The molecule has 2 amide bonds. The average Bonchev–Trinajstić information content (AvgIpc) is 2.39. The smallest absolute Gasteiger partial charge is 0.240 e. The molecular weight excluding hydrogens is 251 g/mol. The highest BCUT2D eigenvalue weighted by Gasteiger charge is 2.25. The molecule has 102 valence electrons. The summed E-state index contributed by atoms with van der Waals surface area (Å²) in [6, 6.07) is 4.18. The number of aryl methyl sites for hydroxylation is 1. The molecule has 0 saturated carbocycles. The van der Waals surface area contributed by atoms with Crippen LogP contribution in [0.3, 0.4) is 0 Å². The summed E-state index contributed by atoms with van der Waals surface area (Å²) >= 11 is 0. The quantitative estimate of drug-likeness (QED) is 0.818. The summed E-state index contributed by atoms with van der Waals surface area (Å²) in [5.74, 6) is -0.851. The summed E-state index contributed by atoms with van der Waals surface area (Å²) < 4.78 is 13.1. The van der Waals surface area contributed by atoms with Gasteiger partial charge in [0.15, 0.2) is 0 Å². The molecule has 0 aromatic heterocycles. The van der Waals surface area contributed by atoms with Gasteiger partial charge in [-0.25, -0.2) is 4.39 Å². The Morgan fingerprint density at radius 1 is 1.42 bits per heavy atom. The Kier molecular flexibility index (Phi) is 4.11. The molecule has 6 heteroatoms. The van der Waals surface area contributed by atoms with E-state index in [4.69, 9.17) is 5.11 Å². The molecule has 19 heavy (non-hydrogen) atoms. The number of benzene rings is 1. The Bertz CT molecular complexity index is 505. The molecule has 1 aromatic rings. The maximum absolute atomic E-state index is 13.1. The van der Waals surface area contributed by atoms with Crippen molar-refractivity contribution in [2.45, 2.75) is 12.8 Å². The second-order valence-corrected chi connectivity index (χ2v) is 4.33. The van der Waals surface area contributed by atoms with E-state index >= 15 is 0 Å². The van der Waals surface area contributed by atoms with Crippen LogP contribution in [-0.2, 0) is 16.0 Å². The number of hydrogen-bond acceptors (Lipinski definition) is 3. The summed E-state index contributed by atoms with van der Waals surface area (Å²) in [5.41, 5.74) is 1.31. The lowest BCUT2D eigenvalue weighted by atomic mass is 10.0. The van der Waals surface area contributed by atoms with Crippen LogP contribution in [0.15, 0.2) is 18.2 Å². The Labute approximate surface area is 110 Å². The Morgan fingerprint density at radius 3 is 2.95 bits per heavy atom. The number of aliphatic hydroxyl groups excluding tert-OH is 1. The molecule has 5 nitrogen and oxygen atoms in total. The summed E-state index contributed by atoms with van der Waals surface area (Å²) in [6.45, 7) is -0.115. The predicted molar refractivity (Wildman–Crippen MR) is 67.2 cm³/mol. The molecule has 0 bridgehead atoms. The van der Waals surface area contributed by atoms with Crippen LogP contribution in [-0.4, -0.2) is 36.6 Å². The number of aliphatic hydroxyl groups is 1. The number of anilines is 1. The Morgan fingerprint density at radius 2 is 2.21 bits per heavy atom. The molecule has 0 aliphatic carbocycles. The van der Waals surface area contributed by atoms with E-state index in [9.17, 15) is 14.0 Å². The minimum atomic E-state index is -0.349. The minimum absolute atomic E-state index is 0.114. The van der Waals surface area contributed by atoms with Gasteiger partial charge >= 0.3 is 0 Å². The highest BCUT2D eigenvalue weighted by molar-refractivity contribution is 6.00. The van der Waals surface area contributed by atoms with Crippen molar-refractivity contribution in [1.82, 2.24) is 5.32 Å². The second-order valence-electron chi connectivity index (χ2n) is 4.33. The third kappa shape index (κ3) is 3.08. The highest BCUT2D eigenvalue weighted by atomic mass is 19.1. The van der Waals surface area contributed by atoms with Gasteiger partial charge in [0, 0.05) is 18.7 Å². The number of carbonyl (C=O) groups is 2. The Hall–Kier alpha value is -1.95. The zero-order valence-electron chi connectivity index (χ0n) is 10.4. The van der Waals surface area contributed by atoms with Crippen LogP contribution in [0, 0.1) is 5.82 Å². The van der Waals surface area contributed by atoms with Crippen molar-refractivity contribution in [2.24, 2.45) is 0 Å². The SMILES string of the molecule is O=C(CN1C(=O)CCc2cc(F)ccc21)NCCO. The lowest BCUT2D eigenvalue weighted by Crippen LogP contribution is -2.43. The van der Waals surface area contributed by atoms with Crippen LogP contribution in [0.5, 0.6) is 0 Å². The monoisotopic (exact) mass is 266 g/mol. The van der Waals surface area contributed by atoms with Crippen LogP contribution in [0.25, 0.3) is 0 Å². The van der Waals surface area contributed by atoms with Crippen molar-refractivity contribution in [2.75, 3.05) is 24.6 Å². The van der Waals surface area contributed by atoms with Crippen molar-refractivity contribution >= 4 is 17.5 Å². The van der Waals surface area contributed by atoms with Gasteiger partial charge in [-0.2, -0.15) is 0 Å². The number of hydrogen-bond donors (Lipinski definition) is 2. The first kappa shape index (κ1) is 13.5. The molecule has 2 N–H and O–H groups in total. The van der Waals surface area contributed by atoms with Crippen molar-refractivity contribution in [3.8, 4) is 0 Å². The van der Waals surface area contributed by atoms with E-state index < -0.39 is 0 Å². The normalized spacial score (nSPS) is 14.2. The third-order valence-electron chi connectivity index (χ3n) is 2.98. The van der Waals surface area contributed by atoms with E-state index in [0.29, 0.717) is 12.1 Å². The van der Waals surface area contributed by atoms with Gasteiger partial charge in [0.2, 0.25) is 11.8 Å². The summed E-state index contributed by atoms with van der Waals surface area (Å²) in [4.78, 5) is 24.8. The van der Waals surface area contributed by atoms with Crippen molar-refractivity contribution in [3.63, 3.8) is 0 Å². The molecule has 1 aliphatic rings. The minimum Gasteiger partial charge on any atom is -0.395 e. The van der Waals surface area contributed by atoms with Crippen LogP contribution < -0.4 is 10.2 Å². The lowest BCUT2D eigenvalue weighted by Gasteiger charge is -2.28. The average molecular weight is 266 g/mol. The third-order valence-corrected chi connectivity index (χ3v) is 2.98. The van der Waals surface area contributed by atoms with Gasteiger partial charge < -0.3 is 15.3 Å². The largest absolute Gasteiger partial charge is 0.395 e. The summed E-state index contributed by atoms with van der Waals surface area (Å²) in [5, 5.41) is 11.1. The number of nitrogens with zero attached hydrogens (tertiary/aromatic N) is 1. The number of fused-ring (bicyclic) bond motifs is 1. The van der Waals surface area contributed by atoms with E-state index in [2.05, 4.69) is 5.32 Å². The molecule has 2 rings (SSSR count). The molecule has 0 atom stereocenters. The van der Waals surface area contributed by atoms with E-state index in [0.717, 1.165) is 5.56 Å². The molecule has 1 heterocycles. The van der Waals surface area contributed by atoms with Gasteiger partial charge in [0.05, 0.1) is 6.61 Å². The van der Waals surface area contributed by atoms with Crippen molar-refractivity contribution in [1.29, 1.82) is 0 Å². The second kappa shape index (κ2) is 5.79. The van der Waals surface area contributed by atoms with E-state index in [-0.39, 0.29) is 43.7 Å². The zero-order chi connectivity index (χ0) is 13.8. The van der Waals surface area contributed by atoms with Crippen molar-refractivity contribution < 1.29 is 19.1 Å². The predicted octanol–water partition coefficient (Wildman–Crippen LogP) is 0.213. The molecular formula is C13H15FN2O3. The van der Waals surface area contributed by atoms with Crippen molar-refractivity contribution in [3.05, 3.63) is 29.6 Å². The standard InChI is InChI=1S/C13H15FN2O3/c14-10-2-3-11-9(7-10)1-4-13(19)16(11)8-12(18)15-5-6-17/h2-3,7,17H,1,4-6,8H2,(H,15,18). The molecule has 0 saturated heterocycles. The first-order chi connectivity index (χ1) is 9.11. The lowest BCUT2D eigenvalue weighted by molar-refractivity contribution is -0.124. The molecule has 0 radical (unpaired) electrons. The summed E-state index contributed by atoms with van der Waals surface area (Å²) in [6.07, 6.45) is 0.754. The fraction of sp³-hybridized carbons (Fsp3) is 0.385. The van der Waals surface area contributed by atoms with Crippen LogP contribution in [0.1, 0.15) is 12.0 Å². The molecule has 0 fully saturated rings. The van der Waals surface area contributed by atoms with E-state index in [1.807, 2.05) is 0 Å². The van der Waals surface area contributed by atoms with Gasteiger partial charge in [-0.15, -0.1) is 0 Å².